The molecule has 0 aliphatic carbocycles. The molecule has 1 aromatic carbocycles. The van der Waals surface area contributed by atoms with Gasteiger partial charge in [-0.05, 0) is 32.9 Å². The predicted molar refractivity (Wildman–Crippen MR) is 75.0 cm³/mol. The minimum atomic E-state index is -0.326. The highest BCUT2D eigenvalue weighted by Crippen LogP contribution is 2.15. The van der Waals surface area contributed by atoms with Gasteiger partial charge in [-0.3, -0.25) is 4.79 Å². The summed E-state index contributed by atoms with van der Waals surface area (Å²) < 4.78 is 31.7. The van der Waals surface area contributed by atoms with Gasteiger partial charge in [0.1, 0.15) is 0 Å². The molecule has 0 spiro atoms. The number of carbonyl (C=O) groups excluding carboxylic acids is 1. The van der Waals surface area contributed by atoms with Gasteiger partial charge in [-0.2, -0.15) is 0 Å². The van der Waals surface area contributed by atoms with Crippen LogP contribution in [0.2, 0.25) is 0 Å². The number of benzene rings is 1. The van der Waals surface area contributed by atoms with Crippen molar-refractivity contribution in [2.24, 2.45) is 5.92 Å². The Kier molecular flexibility index (Phi) is 3.03. The monoisotopic (exact) mass is 249 g/mol. The Morgan fingerprint density at radius 2 is 1.89 bits per heavy atom. The van der Waals surface area contributed by atoms with Crippen LogP contribution in [0.25, 0.3) is 0 Å². The molecule has 2 nitrogen and oxygen atoms in total. The standard InChI is InChI=1S/C16H23NO/c1-13-6-8-15(9-7-13)16(18)14(2)12-17-10-4-3-5-11-17/h6-9,14H,3-5,10-12H2,1-2H3/i6D,7D,8D,9D. The van der Waals surface area contributed by atoms with E-state index in [1.807, 2.05) is 6.92 Å². The first kappa shape index (κ1) is 8.87. The van der Waals surface area contributed by atoms with Gasteiger partial charge in [0, 0.05) is 18.0 Å². The molecule has 1 heterocycles. The third-order valence-corrected chi connectivity index (χ3v) is 3.42. The van der Waals surface area contributed by atoms with Crippen molar-refractivity contribution in [3.05, 3.63) is 35.3 Å². The Morgan fingerprint density at radius 1 is 1.28 bits per heavy atom. The maximum atomic E-state index is 12.6. The van der Waals surface area contributed by atoms with Crippen molar-refractivity contribution in [2.75, 3.05) is 19.6 Å². The maximum Gasteiger partial charge on any atom is 0.166 e. The van der Waals surface area contributed by atoms with Crippen molar-refractivity contribution >= 4 is 5.78 Å². The third-order valence-electron chi connectivity index (χ3n) is 3.42. The van der Waals surface area contributed by atoms with Crippen LogP contribution in [0.4, 0.5) is 0 Å². The van der Waals surface area contributed by atoms with Gasteiger partial charge in [0.2, 0.25) is 0 Å². The summed E-state index contributed by atoms with van der Waals surface area (Å²) in [6, 6.07) is -0.660. The Bertz CT molecular complexity index is 553. The Balaban J connectivity index is 2.25. The summed E-state index contributed by atoms with van der Waals surface area (Å²) in [4.78, 5) is 14.9. The molecule has 0 N–H and O–H groups in total. The Hall–Kier alpha value is -1.15. The van der Waals surface area contributed by atoms with Crippen LogP contribution in [0.1, 0.15) is 47.6 Å². The molecule has 0 saturated carbocycles. The highest BCUT2D eigenvalue weighted by Gasteiger charge is 2.19. The van der Waals surface area contributed by atoms with Gasteiger partial charge in [0.15, 0.2) is 5.78 Å². The number of carbonyl (C=O) groups is 1. The largest absolute Gasteiger partial charge is 0.303 e. The number of ketones is 1. The second-order valence-corrected chi connectivity index (χ2v) is 5.13. The van der Waals surface area contributed by atoms with Crippen LogP contribution < -0.4 is 0 Å². The Morgan fingerprint density at radius 3 is 2.50 bits per heavy atom. The van der Waals surface area contributed by atoms with E-state index < -0.39 is 0 Å². The SMILES string of the molecule is [2H]c1c([2H])c(C(=O)C(C)CN2CCCCC2)c([2H])c([2H])c1C. The first-order valence-electron chi connectivity index (χ1n) is 8.68. The van der Waals surface area contributed by atoms with E-state index in [4.69, 9.17) is 5.48 Å². The van der Waals surface area contributed by atoms with E-state index in [1.165, 1.54) is 6.42 Å². The normalized spacial score (nSPS) is 21.7. The van der Waals surface area contributed by atoms with Gasteiger partial charge in [-0.25, -0.2) is 0 Å². The molecule has 0 aromatic heterocycles. The van der Waals surface area contributed by atoms with Crippen molar-refractivity contribution in [3.8, 4) is 0 Å². The minimum Gasteiger partial charge on any atom is -0.303 e. The van der Waals surface area contributed by atoms with Crippen LogP contribution in [0.5, 0.6) is 0 Å². The molecular weight excluding hydrogens is 222 g/mol. The molecule has 1 aliphatic heterocycles. The summed E-state index contributed by atoms with van der Waals surface area (Å²) in [5.74, 6) is -0.615. The molecule has 1 atom stereocenters. The number of Topliss-reactive ketones (excluding diaryl/α,β-unsaturated/α-hetero) is 1. The number of hydrogen-bond acceptors (Lipinski definition) is 2. The van der Waals surface area contributed by atoms with Crippen LogP contribution >= 0.6 is 0 Å². The molecule has 2 rings (SSSR count). The van der Waals surface area contributed by atoms with Crippen molar-refractivity contribution in [3.63, 3.8) is 0 Å². The van der Waals surface area contributed by atoms with Crippen LogP contribution in [0.15, 0.2) is 24.2 Å². The lowest BCUT2D eigenvalue weighted by Gasteiger charge is -2.28. The fourth-order valence-electron chi connectivity index (χ4n) is 2.36. The number of hydrogen-bond donors (Lipinski definition) is 0. The average molecular weight is 249 g/mol. The highest BCUT2D eigenvalue weighted by molar-refractivity contribution is 5.97. The van der Waals surface area contributed by atoms with Crippen LogP contribution in [-0.4, -0.2) is 30.3 Å². The summed E-state index contributed by atoms with van der Waals surface area (Å²) >= 11 is 0. The molecule has 1 fully saturated rings. The fourth-order valence-corrected chi connectivity index (χ4v) is 2.36. The van der Waals surface area contributed by atoms with Gasteiger partial charge in [0.25, 0.3) is 0 Å². The van der Waals surface area contributed by atoms with Gasteiger partial charge in [0.05, 0.1) is 5.48 Å². The summed E-state index contributed by atoms with van der Waals surface area (Å²) in [6.45, 7) is 5.95. The number of nitrogens with zero attached hydrogens (tertiary/aromatic N) is 1. The molecule has 18 heavy (non-hydrogen) atoms. The van der Waals surface area contributed by atoms with E-state index >= 15 is 0 Å². The van der Waals surface area contributed by atoms with Gasteiger partial charge in [-0.1, -0.05) is 43.1 Å². The number of likely N-dealkylation sites (tertiary alicyclic amines) is 1. The lowest BCUT2D eigenvalue weighted by atomic mass is 9.97. The third kappa shape index (κ3) is 3.42. The molecule has 1 aromatic rings. The fraction of sp³-hybridized carbons (Fsp3) is 0.562. The molecule has 0 radical (unpaired) electrons. The van der Waals surface area contributed by atoms with E-state index in [9.17, 15) is 4.79 Å². The number of piperidine rings is 1. The van der Waals surface area contributed by atoms with E-state index in [2.05, 4.69) is 4.90 Å². The summed E-state index contributed by atoms with van der Waals surface area (Å²) in [5.41, 5.74) is 0.223. The summed E-state index contributed by atoms with van der Waals surface area (Å²) in [5, 5.41) is 0. The smallest absolute Gasteiger partial charge is 0.166 e. The zero-order valence-electron chi connectivity index (χ0n) is 15.2. The van der Waals surface area contributed by atoms with E-state index in [0.29, 0.717) is 6.54 Å². The van der Waals surface area contributed by atoms with Gasteiger partial charge in [-0.15, -0.1) is 0 Å². The molecule has 2 heteroatoms. The van der Waals surface area contributed by atoms with Crippen molar-refractivity contribution in [1.82, 2.24) is 4.90 Å². The minimum absolute atomic E-state index is 0.0647. The zero-order valence-corrected chi connectivity index (χ0v) is 11.2. The predicted octanol–water partition coefficient (Wildman–Crippen LogP) is 3.30. The topological polar surface area (TPSA) is 20.3 Å². The van der Waals surface area contributed by atoms with Crippen LogP contribution in [0.3, 0.4) is 0 Å². The van der Waals surface area contributed by atoms with E-state index in [0.717, 1.165) is 25.9 Å². The molecule has 1 aliphatic rings. The first-order valence-corrected chi connectivity index (χ1v) is 6.68. The van der Waals surface area contributed by atoms with Crippen LogP contribution in [-0.2, 0) is 0 Å². The second-order valence-electron chi connectivity index (χ2n) is 5.13. The molecule has 0 amide bonds. The van der Waals surface area contributed by atoms with Gasteiger partial charge < -0.3 is 4.90 Å². The zero-order chi connectivity index (χ0) is 16.4. The molecular formula is C16H23NO. The molecule has 98 valence electrons. The van der Waals surface area contributed by atoms with Crippen LogP contribution in [0, 0.1) is 12.8 Å². The molecule has 1 saturated heterocycles. The second kappa shape index (κ2) is 6.14. The van der Waals surface area contributed by atoms with Crippen molar-refractivity contribution in [2.45, 2.75) is 33.1 Å². The highest BCUT2D eigenvalue weighted by atomic mass is 16.1. The maximum absolute atomic E-state index is 12.6. The first-order chi connectivity index (χ1) is 10.3. The Labute approximate surface area is 116 Å². The van der Waals surface area contributed by atoms with Gasteiger partial charge >= 0.3 is 0 Å². The lowest BCUT2D eigenvalue weighted by Crippen LogP contribution is -2.35. The van der Waals surface area contributed by atoms with Crippen molar-refractivity contribution in [1.29, 1.82) is 0 Å². The summed E-state index contributed by atoms with van der Waals surface area (Å²) in [6.07, 6.45) is 3.52. The number of rotatable bonds is 4. The average Bonchev–Trinajstić information content (AvgIpc) is 2.52. The van der Waals surface area contributed by atoms with E-state index in [-0.39, 0.29) is 47.0 Å². The quantitative estimate of drug-likeness (QED) is 0.763. The molecule has 0 bridgehead atoms. The van der Waals surface area contributed by atoms with Crippen molar-refractivity contribution < 1.29 is 10.3 Å². The molecule has 1 unspecified atom stereocenters. The van der Waals surface area contributed by atoms with E-state index in [1.54, 1.807) is 6.92 Å². The summed E-state index contributed by atoms with van der Waals surface area (Å²) in [7, 11) is 0. The lowest BCUT2D eigenvalue weighted by molar-refractivity contribution is 0.0883.